The Morgan fingerprint density at radius 2 is 1.88 bits per heavy atom. The van der Waals surface area contributed by atoms with E-state index in [0.29, 0.717) is 36.8 Å². The molecule has 0 spiro atoms. The summed E-state index contributed by atoms with van der Waals surface area (Å²) in [6.45, 7) is 6.20. The molecule has 1 saturated heterocycles. The maximum Gasteiger partial charge on any atom is 0.321 e. The lowest BCUT2D eigenvalue weighted by molar-refractivity contribution is 0.214. The van der Waals surface area contributed by atoms with Crippen molar-refractivity contribution < 1.29 is 13.2 Å². The molecule has 3 aromatic rings. The van der Waals surface area contributed by atoms with Crippen LogP contribution < -0.4 is 5.32 Å². The predicted molar refractivity (Wildman–Crippen MR) is 128 cm³/mol. The summed E-state index contributed by atoms with van der Waals surface area (Å²) in [6.07, 6.45) is 2.53. The zero-order chi connectivity index (χ0) is 22.9. The summed E-state index contributed by atoms with van der Waals surface area (Å²) in [7, 11) is -3.65. The van der Waals surface area contributed by atoms with Crippen molar-refractivity contribution in [2.45, 2.75) is 31.7 Å². The molecule has 0 unspecified atom stereocenters. The summed E-state index contributed by atoms with van der Waals surface area (Å²) in [5.41, 5.74) is 2.58. The molecule has 1 fully saturated rings. The molecule has 2 aromatic carbocycles. The van der Waals surface area contributed by atoms with Crippen molar-refractivity contribution in [2.75, 3.05) is 31.5 Å². The largest absolute Gasteiger partial charge is 0.348 e. The van der Waals surface area contributed by atoms with Crippen LogP contribution in [0.3, 0.4) is 0 Å². The van der Waals surface area contributed by atoms with Crippen molar-refractivity contribution in [3.05, 3.63) is 59.2 Å². The highest BCUT2D eigenvalue weighted by atomic mass is 35.5. The lowest BCUT2D eigenvalue weighted by Gasteiger charge is -2.23. The Morgan fingerprint density at radius 1 is 1.06 bits per heavy atom. The maximum absolute atomic E-state index is 13.3. The number of urea groups is 1. The van der Waals surface area contributed by atoms with Gasteiger partial charge in [0.2, 0.25) is 10.0 Å². The molecule has 9 heteroatoms. The number of fused-ring (bicyclic) bond motifs is 1. The van der Waals surface area contributed by atoms with Crippen molar-refractivity contribution >= 4 is 44.2 Å². The third-order valence-corrected chi connectivity index (χ3v) is 8.03. The predicted octanol–water partition coefficient (Wildman–Crippen LogP) is 4.55. The molecule has 32 heavy (non-hydrogen) atoms. The second kappa shape index (κ2) is 9.13. The molecule has 1 N–H and O–H groups in total. The summed E-state index contributed by atoms with van der Waals surface area (Å²) in [5.74, 6) is 0. The number of sulfonamides is 1. The number of rotatable bonds is 4. The topological polar surface area (TPSA) is 74.7 Å². The number of carbonyl (C=O) groups excluding carboxylic acids is 1. The number of carbonyl (C=O) groups is 1. The average Bonchev–Trinajstić information content (AvgIpc) is 3.01. The number of anilines is 1. The smallest absolute Gasteiger partial charge is 0.321 e. The van der Waals surface area contributed by atoms with E-state index in [-0.39, 0.29) is 17.5 Å². The van der Waals surface area contributed by atoms with Gasteiger partial charge in [0.15, 0.2) is 0 Å². The fourth-order valence-electron chi connectivity index (χ4n) is 4.02. The molecule has 2 amide bonds. The van der Waals surface area contributed by atoms with Crippen molar-refractivity contribution in [3.63, 3.8) is 0 Å². The van der Waals surface area contributed by atoms with Gasteiger partial charge in [-0.1, -0.05) is 17.7 Å². The highest BCUT2D eigenvalue weighted by molar-refractivity contribution is 7.89. The van der Waals surface area contributed by atoms with Gasteiger partial charge in [0.1, 0.15) is 0 Å². The number of aromatic nitrogens is 1. The normalized spacial score (nSPS) is 15.7. The first kappa shape index (κ1) is 22.6. The lowest BCUT2D eigenvalue weighted by Crippen LogP contribution is -2.39. The molecule has 0 radical (unpaired) electrons. The average molecular weight is 475 g/mol. The Hall–Kier alpha value is -2.55. The van der Waals surface area contributed by atoms with Crippen molar-refractivity contribution in [1.82, 2.24) is 13.8 Å². The van der Waals surface area contributed by atoms with E-state index in [4.69, 9.17) is 11.6 Å². The van der Waals surface area contributed by atoms with E-state index in [1.165, 1.54) is 4.31 Å². The van der Waals surface area contributed by atoms with Gasteiger partial charge in [-0.25, -0.2) is 13.2 Å². The first-order valence-electron chi connectivity index (χ1n) is 10.7. The van der Waals surface area contributed by atoms with E-state index in [2.05, 4.69) is 16.8 Å². The van der Waals surface area contributed by atoms with Crippen LogP contribution in [0.4, 0.5) is 10.5 Å². The molecule has 0 atom stereocenters. The Labute approximate surface area is 193 Å². The maximum atomic E-state index is 13.3. The van der Waals surface area contributed by atoms with Gasteiger partial charge in [-0.2, -0.15) is 4.31 Å². The van der Waals surface area contributed by atoms with Gasteiger partial charge < -0.3 is 14.8 Å². The summed E-state index contributed by atoms with van der Waals surface area (Å²) in [5, 5.41) is 4.34. The molecule has 0 bridgehead atoms. The van der Waals surface area contributed by atoms with E-state index in [0.717, 1.165) is 23.0 Å². The van der Waals surface area contributed by atoms with Gasteiger partial charge in [0.05, 0.1) is 4.90 Å². The third kappa shape index (κ3) is 4.48. The summed E-state index contributed by atoms with van der Waals surface area (Å²) < 4.78 is 30.1. The van der Waals surface area contributed by atoms with Gasteiger partial charge in [-0.05, 0) is 62.2 Å². The van der Waals surface area contributed by atoms with Gasteiger partial charge in [0, 0.05) is 60.5 Å². The van der Waals surface area contributed by atoms with Crippen molar-refractivity contribution in [1.29, 1.82) is 0 Å². The van der Waals surface area contributed by atoms with Crippen LogP contribution in [0.25, 0.3) is 10.9 Å². The van der Waals surface area contributed by atoms with Crippen molar-refractivity contribution in [3.8, 4) is 0 Å². The summed E-state index contributed by atoms with van der Waals surface area (Å²) in [6, 6.07) is 12.3. The van der Waals surface area contributed by atoms with Crippen LogP contribution in [0.1, 0.15) is 18.9 Å². The minimum absolute atomic E-state index is 0.248. The molecule has 170 valence electrons. The quantitative estimate of drug-likeness (QED) is 0.602. The zero-order valence-electron chi connectivity index (χ0n) is 18.2. The fraction of sp³-hybridized carbons (Fsp3) is 0.348. The Bertz CT molecular complexity index is 1260. The fourth-order valence-corrected chi connectivity index (χ4v) is 5.70. The Balaban J connectivity index is 1.47. The van der Waals surface area contributed by atoms with Crippen molar-refractivity contribution in [2.24, 2.45) is 0 Å². The van der Waals surface area contributed by atoms with Crippen LogP contribution in [-0.2, 0) is 16.6 Å². The van der Waals surface area contributed by atoms with E-state index in [9.17, 15) is 13.2 Å². The van der Waals surface area contributed by atoms with Crippen LogP contribution in [0.5, 0.6) is 0 Å². The minimum Gasteiger partial charge on any atom is -0.348 e. The third-order valence-electron chi connectivity index (χ3n) is 5.90. The van der Waals surface area contributed by atoms with E-state index in [1.54, 1.807) is 29.2 Å². The summed E-state index contributed by atoms with van der Waals surface area (Å²) >= 11 is 6.05. The second-order valence-electron chi connectivity index (χ2n) is 7.96. The number of amides is 2. The Morgan fingerprint density at radius 3 is 2.66 bits per heavy atom. The van der Waals surface area contributed by atoms with E-state index >= 15 is 0 Å². The molecular weight excluding hydrogens is 448 g/mol. The number of nitrogens with one attached hydrogen (secondary N) is 1. The first-order chi connectivity index (χ1) is 15.3. The second-order valence-corrected chi connectivity index (χ2v) is 10.3. The van der Waals surface area contributed by atoms with Crippen LogP contribution >= 0.6 is 11.6 Å². The molecule has 0 aliphatic carbocycles. The molecule has 1 aliphatic heterocycles. The molecular formula is C23H27ClN4O3S. The van der Waals surface area contributed by atoms with Crippen LogP contribution in [0.15, 0.2) is 53.6 Å². The number of aryl methyl sites for hydroxylation is 2. The molecule has 7 nitrogen and oxygen atoms in total. The number of hydrogen-bond acceptors (Lipinski definition) is 3. The molecule has 1 aliphatic rings. The van der Waals surface area contributed by atoms with Gasteiger partial charge >= 0.3 is 6.03 Å². The number of hydrogen-bond donors (Lipinski definition) is 1. The monoisotopic (exact) mass is 474 g/mol. The molecule has 1 aromatic heterocycles. The van der Waals surface area contributed by atoms with Crippen LogP contribution in [-0.4, -0.2) is 54.4 Å². The Kier molecular flexibility index (Phi) is 6.46. The van der Waals surface area contributed by atoms with Gasteiger partial charge in [0.25, 0.3) is 0 Å². The lowest BCUT2D eigenvalue weighted by atomic mass is 10.2. The first-order valence-corrected chi connectivity index (χ1v) is 12.5. The zero-order valence-corrected chi connectivity index (χ0v) is 19.8. The highest BCUT2D eigenvalue weighted by Gasteiger charge is 2.28. The molecule has 4 rings (SSSR count). The number of nitrogens with zero attached hydrogens (tertiary/aromatic N) is 3. The minimum atomic E-state index is -3.65. The van der Waals surface area contributed by atoms with Gasteiger partial charge in [-0.3, -0.25) is 0 Å². The standard InChI is InChI=1S/C23H27ClN4O3S/c1-3-26-12-9-18-15-20(7-8-22(18)26)32(30,31)28-11-4-10-27(13-14-28)23(29)25-21-16-19(24)6-5-17(21)2/h5-9,12,15-16H,3-4,10-11,13-14H2,1-2H3,(H,25,29). The van der Waals surface area contributed by atoms with Gasteiger partial charge in [-0.15, -0.1) is 0 Å². The summed E-state index contributed by atoms with van der Waals surface area (Å²) in [4.78, 5) is 14.7. The molecule has 0 saturated carbocycles. The molecule has 2 heterocycles. The van der Waals surface area contributed by atoms with E-state index in [1.807, 2.05) is 31.3 Å². The highest BCUT2D eigenvalue weighted by Crippen LogP contribution is 2.25. The number of benzene rings is 2. The van der Waals surface area contributed by atoms with E-state index < -0.39 is 10.0 Å². The number of halogens is 1. The van der Waals surface area contributed by atoms with Crippen LogP contribution in [0.2, 0.25) is 5.02 Å². The van der Waals surface area contributed by atoms with Crippen LogP contribution in [0, 0.1) is 6.92 Å². The SMILES string of the molecule is CCn1ccc2cc(S(=O)(=O)N3CCCN(C(=O)Nc4cc(Cl)ccc4C)CC3)ccc21.